The molecule has 5 heteroatoms. The lowest BCUT2D eigenvalue weighted by molar-refractivity contribution is 0.102. The van der Waals surface area contributed by atoms with Crippen molar-refractivity contribution in [2.24, 2.45) is 0 Å². The molecule has 2 aromatic heterocycles. The quantitative estimate of drug-likeness (QED) is 0.512. The van der Waals surface area contributed by atoms with Crippen molar-refractivity contribution >= 4 is 29.0 Å². The minimum absolute atomic E-state index is 0.228. The molecule has 0 saturated heterocycles. The number of carbonyl (C=O) groups excluding carboxylic acids is 1. The molecule has 4 rings (SSSR count). The van der Waals surface area contributed by atoms with Gasteiger partial charge in [-0.05, 0) is 56.3 Å². The molecule has 134 valence electrons. The summed E-state index contributed by atoms with van der Waals surface area (Å²) in [5.74, 6) is 0.411. The van der Waals surface area contributed by atoms with Crippen molar-refractivity contribution in [3.8, 4) is 11.3 Å². The Kier molecular flexibility index (Phi) is 4.42. The van der Waals surface area contributed by atoms with Gasteiger partial charge >= 0.3 is 0 Å². The average molecular weight is 376 g/mol. The Morgan fingerprint density at radius 3 is 2.52 bits per heavy atom. The van der Waals surface area contributed by atoms with Crippen LogP contribution in [0.1, 0.15) is 21.5 Å². The molecule has 1 N–H and O–H groups in total. The van der Waals surface area contributed by atoms with Crippen molar-refractivity contribution in [1.82, 2.24) is 9.38 Å². The van der Waals surface area contributed by atoms with Gasteiger partial charge in [-0.3, -0.25) is 9.20 Å². The molecule has 4 nitrogen and oxygen atoms in total. The number of anilines is 1. The molecule has 4 aromatic rings. The SMILES string of the molecule is Cc1cc(C)cc(-c2nc3ccccn3c2NC(=O)c2cccc(Cl)c2)c1. The lowest BCUT2D eigenvalue weighted by Crippen LogP contribution is -2.14. The van der Waals surface area contributed by atoms with Crippen LogP contribution in [-0.4, -0.2) is 15.3 Å². The number of halogens is 1. The van der Waals surface area contributed by atoms with E-state index < -0.39 is 0 Å². The Balaban J connectivity index is 1.84. The monoisotopic (exact) mass is 375 g/mol. The van der Waals surface area contributed by atoms with Gasteiger partial charge in [-0.15, -0.1) is 0 Å². The molecule has 0 atom stereocenters. The maximum atomic E-state index is 12.8. The molecule has 27 heavy (non-hydrogen) atoms. The summed E-state index contributed by atoms with van der Waals surface area (Å²) >= 11 is 6.03. The minimum Gasteiger partial charge on any atom is -0.306 e. The van der Waals surface area contributed by atoms with Crippen molar-refractivity contribution in [2.45, 2.75) is 13.8 Å². The Hall–Kier alpha value is -3.11. The smallest absolute Gasteiger partial charge is 0.256 e. The van der Waals surface area contributed by atoms with Crippen LogP contribution in [-0.2, 0) is 0 Å². The highest BCUT2D eigenvalue weighted by Crippen LogP contribution is 2.30. The molecule has 0 aliphatic carbocycles. The lowest BCUT2D eigenvalue weighted by atomic mass is 10.0. The summed E-state index contributed by atoms with van der Waals surface area (Å²) in [5.41, 5.74) is 5.28. The molecule has 0 aliphatic heterocycles. The van der Waals surface area contributed by atoms with Crippen LogP contribution in [0.15, 0.2) is 66.9 Å². The Bertz CT molecular complexity index is 1140. The van der Waals surface area contributed by atoms with Crippen LogP contribution in [0.2, 0.25) is 5.02 Å². The normalized spacial score (nSPS) is 10.9. The highest BCUT2D eigenvalue weighted by Gasteiger charge is 2.17. The van der Waals surface area contributed by atoms with Crippen LogP contribution < -0.4 is 5.32 Å². The van der Waals surface area contributed by atoms with Gasteiger partial charge in [0.15, 0.2) is 0 Å². The lowest BCUT2D eigenvalue weighted by Gasteiger charge is -2.09. The van der Waals surface area contributed by atoms with Crippen LogP contribution in [0.3, 0.4) is 0 Å². The first-order chi connectivity index (χ1) is 13.0. The van der Waals surface area contributed by atoms with Gasteiger partial charge in [0, 0.05) is 22.3 Å². The molecular formula is C22H18ClN3O. The third-order valence-electron chi connectivity index (χ3n) is 4.34. The van der Waals surface area contributed by atoms with Gasteiger partial charge in [-0.25, -0.2) is 4.98 Å². The van der Waals surface area contributed by atoms with E-state index in [9.17, 15) is 4.79 Å². The highest BCUT2D eigenvalue weighted by molar-refractivity contribution is 6.31. The summed E-state index contributed by atoms with van der Waals surface area (Å²) in [6.45, 7) is 4.10. The molecule has 2 heterocycles. The van der Waals surface area contributed by atoms with Crippen molar-refractivity contribution in [1.29, 1.82) is 0 Å². The van der Waals surface area contributed by atoms with E-state index in [0.717, 1.165) is 28.0 Å². The number of amides is 1. The fourth-order valence-corrected chi connectivity index (χ4v) is 3.43. The van der Waals surface area contributed by atoms with Crippen LogP contribution in [0.25, 0.3) is 16.9 Å². The van der Waals surface area contributed by atoms with Crippen molar-refractivity contribution in [3.05, 3.63) is 88.6 Å². The number of aromatic nitrogens is 2. The summed E-state index contributed by atoms with van der Waals surface area (Å²) in [6.07, 6.45) is 1.89. The minimum atomic E-state index is -0.228. The Labute approximate surface area is 162 Å². The summed E-state index contributed by atoms with van der Waals surface area (Å²) in [7, 11) is 0. The number of imidazole rings is 1. The Morgan fingerprint density at radius 2 is 1.78 bits per heavy atom. The number of pyridine rings is 1. The van der Waals surface area contributed by atoms with Crippen LogP contribution in [0.5, 0.6) is 0 Å². The first kappa shape index (κ1) is 17.3. The topological polar surface area (TPSA) is 46.4 Å². The fourth-order valence-electron chi connectivity index (χ4n) is 3.24. The Morgan fingerprint density at radius 1 is 1.00 bits per heavy atom. The van der Waals surface area contributed by atoms with E-state index in [0.29, 0.717) is 16.4 Å². The summed E-state index contributed by atoms with van der Waals surface area (Å²) < 4.78 is 1.88. The third-order valence-corrected chi connectivity index (χ3v) is 4.58. The van der Waals surface area contributed by atoms with E-state index in [1.165, 1.54) is 0 Å². The number of carbonyl (C=O) groups is 1. The summed E-state index contributed by atoms with van der Waals surface area (Å²) in [6, 6.07) is 18.9. The first-order valence-corrected chi connectivity index (χ1v) is 9.02. The second-order valence-corrected chi connectivity index (χ2v) is 7.02. The van der Waals surface area contributed by atoms with E-state index in [2.05, 4.69) is 37.4 Å². The predicted octanol–water partition coefficient (Wildman–Crippen LogP) is 5.52. The predicted molar refractivity (Wildman–Crippen MR) is 110 cm³/mol. The molecule has 1 amide bonds. The molecular weight excluding hydrogens is 358 g/mol. The zero-order chi connectivity index (χ0) is 19.0. The zero-order valence-electron chi connectivity index (χ0n) is 15.0. The largest absolute Gasteiger partial charge is 0.306 e. The maximum Gasteiger partial charge on any atom is 0.256 e. The van der Waals surface area contributed by atoms with E-state index in [1.807, 2.05) is 28.8 Å². The second kappa shape index (κ2) is 6.89. The molecule has 0 radical (unpaired) electrons. The average Bonchev–Trinajstić information content (AvgIpc) is 2.99. The molecule has 0 bridgehead atoms. The van der Waals surface area contributed by atoms with Gasteiger partial charge in [0.25, 0.3) is 5.91 Å². The number of aryl methyl sites for hydroxylation is 2. The van der Waals surface area contributed by atoms with Crippen molar-refractivity contribution in [3.63, 3.8) is 0 Å². The van der Waals surface area contributed by atoms with Crippen molar-refractivity contribution in [2.75, 3.05) is 5.32 Å². The van der Waals surface area contributed by atoms with Gasteiger partial charge in [0.05, 0.1) is 0 Å². The molecule has 0 fully saturated rings. The van der Waals surface area contributed by atoms with Gasteiger partial charge in [-0.2, -0.15) is 0 Å². The highest BCUT2D eigenvalue weighted by atomic mass is 35.5. The second-order valence-electron chi connectivity index (χ2n) is 6.58. The van der Waals surface area contributed by atoms with Gasteiger partial charge in [0.1, 0.15) is 17.2 Å². The van der Waals surface area contributed by atoms with Gasteiger partial charge in [0.2, 0.25) is 0 Å². The molecule has 0 saturated carbocycles. The molecule has 0 unspecified atom stereocenters. The first-order valence-electron chi connectivity index (χ1n) is 8.64. The van der Waals surface area contributed by atoms with Gasteiger partial charge < -0.3 is 5.32 Å². The molecule has 0 spiro atoms. The van der Waals surface area contributed by atoms with Crippen LogP contribution in [0, 0.1) is 13.8 Å². The standard InChI is InChI=1S/C22H18ClN3O/c1-14-10-15(2)12-17(11-14)20-21(26-9-4-3-8-19(26)24-20)25-22(27)16-6-5-7-18(23)13-16/h3-13H,1-2H3,(H,25,27). The maximum absolute atomic E-state index is 12.8. The number of hydrogen-bond donors (Lipinski definition) is 1. The fraction of sp³-hybridized carbons (Fsp3) is 0.0909. The molecule has 2 aromatic carbocycles. The number of rotatable bonds is 3. The zero-order valence-corrected chi connectivity index (χ0v) is 15.8. The number of hydrogen-bond acceptors (Lipinski definition) is 2. The third kappa shape index (κ3) is 3.44. The summed E-state index contributed by atoms with van der Waals surface area (Å²) in [4.78, 5) is 17.6. The van der Waals surface area contributed by atoms with E-state index in [-0.39, 0.29) is 5.91 Å². The number of nitrogens with one attached hydrogen (secondary N) is 1. The van der Waals surface area contributed by atoms with Crippen LogP contribution >= 0.6 is 11.6 Å². The van der Waals surface area contributed by atoms with Crippen molar-refractivity contribution < 1.29 is 4.79 Å². The van der Waals surface area contributed by atoms with E-state index in [1.54, 1.807) is 24.3 Å². The van der Waals surface area contributed by atoms with E-state index in [4.69, 9.17) is 16.6 Å². The number of benzene rings is 2. The molecule has 0 aliphatic rings. The van der Waals surface area contributed by atoms with Gasteiger partial charge in [-0.1, -0.05) is 40.9 Å². The van der Waals surface area contributed by atoms with Crippen LogP contribution in [0.4, 0.5) is 5.82 Å². The number of nitrogens with zero attached hydrogens (tertiary/aromatic N) is 2. The van der Waals surface area contributed by atoms with E-state index >= 15 is 0 Å². The number of fused-ring (bicyclic) bond motifs is 1. The summed E-state index contributed by atoms with van der Waals surface area (Å²) in [5, 5.41) is 3.54.